The zero-order valence-electron chi connectivity index (χ0n) is 9.38. The van der Waals surface area contributed by atoms with Gasteiger partial charge in [0.05, 0.1) is 18.3 Å². The molecule has 0 spiro atoms. The van der Waals surface area contributed by atoms with Crippen LogP contribution < -0.4 is 5.32 Å². The van der Waals surface area contributed by atoms with E-state index in [0.29, 0.717) is 12.6 Å². The molecular weight excluding hydrogens is 256 g/mol. The van der Waals surface area contributed by atoms with Crippen molar-refractivity contribution < 1.29 is 4.74 Å². The first-order chi connectivity index (χ1) is 7.17. The average molecular weight is 273 g/mol. The third-order valence-electron chi connectivity index (χ3n) is 2.23. The van der Waals surface area contributed by atoms with Gasteiger partial charge in [0.25, 0.3) is 0 Å². The quantitative estimate of drug-likeness (QED) is 0.895. The Morgan fingerprint density at radius 2 is 2.27 bits per heavy atom. The zero-order valence-corrected chi connectivity index (χ0v) is 11.0. The molecule has 1 rings (SSSR count). The number of anilines is 1. The number of methoxy groups -OCH3 is 1. The molecule has 0 aliphatic carbocycles. The van der Waals surface area contributed by atoms with E-state index in [0.717, 1.165) is 22.4 Å². The molecule has 0 aliphatic rings. The van der Waals surface area contributed by atoms with E-state index < -0.39 is 0 Å². The molecule has 1 aromatic rings. The lowest BCUT2D eigenvalue weighted by Crippen LogP contribution is -2.24. The van der Waals surface area contributed by atoms with E-state index in [2.05, 4.69) is 33.2 Å². The molecule has 1 aromatic heterocycles. The van der Waals surface area contributed by atoms with Gasteiger partial charge < -0.3 is 10.1 Å². The van der Waals surface area contributed by atoms with Crippen molar-refractivity contribution in [1.82, 2.24) is 4.98 Å². The molecule has 84 valence electrons. The first kappa shape index (κ1) is 12.5. The molecule has 3 nitrogen and oxygen atoms in total. The highest BCUT2D eigenvalue weighted by molar-refractivity contribution is 9.10. The summed E-state index contributed by atoms with van der Waals surface area (Å²) in [6, 6.07) is 4.29. The van der Waals surface area contributed by atoms with Gasteiger partial charge in [-0.15, -0.1) is 0 Å². The molecular formula is C11H17BrN2O. The Morgan fingerprint density at radius 1 is 1.53 bits per heavy atom. The largest absolute Gasteiger partial charge is 0.383 e. The summed E-state index contributed by atoms with van der Waals surface area (Å²) in [6.07, 6.45) is 1.02. The minimum Gasteiger partial charge on any atom is -0.383 e. The molecule has 0 bridgehead atoms. The second-order valence-corrected chi connectivity index (χ2v) is 4.32. The summed E-state index contributed by atoms with van der Waals surface area (Å²) in [7, 11) is 1.71. The molecule has 4 heteroatoms. The van der Waals surface area contributed by atoms with Gasteiger partial charge in [-0.25, -0.2) is 4.98 Å². The number of nitrogens with zero attached hydrogens (tertiary/aromatic N) is 1. The first-order valence-electron chi connectivity index (χ1n) is 5.06. The Balaban J connectivity index is 2.66. The average Bonchev–Trinajstić information content (AvgIpc) is 2.23. The van der Waals surface area contributed by atoms with Crippen LogP contribution in [0.25, 0.3) is 0 Å². The topological polar surface area (TPSA) is 34.1 Å². The number of aryl methyl sites for hydroxylation is 1. The standard InChI is InChI=1S/C11H17BrN2O/c1-4-9(7-15-3)14-11-6-5-10(12)8(2)13-11/h5-6,9H,4,7H2,1-3H3,(H,13,14). The van der Waals surface area contributed by atoms with Crippen molar-refractivity contribution in [3.63, 3.8) is 0 Å². The second kappa shape index (κ2) is 6.08. The van der Waals surface area contributed by atoms with E-state index in [1.807, 2.05) is 19.1 Å². The van der Waals surface area contributed by atoms with Crippen LogP contribution in [0.5, 0.6) is 0 Å². The van der Waals surface area contributed by atoms with Crippen molar-refractivity contribution in [3.05, 3.63) is 22.3 Å². The fraction of sp³-hybridized carbons (Fsp3) is 0.545. The van der Waals surface area contributed by atoms with Gasteiger partial charge in [-0.3, -0.25) is 0 Å². The predicted molar refractivity (Wildman–Crippen MR) is 66.3 cm³/mol. The molecule has 0 saturated carbocycles. The molecule has 1 heterocycles. The van der Waals surface area contributed by atoms with Crippen molar-refractivity contribution in [2.24, 2.45) is 0 Å². The van der Waals surface area contributed by atoms with Crippen molar-refractivity contribution in [1.29, 1.82) is 0 Å². The molecule has 0 fully saturated rings. The van der Waals surface area contributed by atoms with Crippen molar-refractivity contribution >= 4 is 21.7 Å². The monoisotopic (exact) mass is 272 g/mol. The van der Waals surface area contributed by atoms with Crippen LogP contribution in [0.1, 0.15) is 19.0 Å². The lowest BCUT2D eigenvalue weighted by molar-refractivity contribution is 0.184. The second-order valence-electron chi connectivity index (χ2n) is 3.47. The minimum absolute atomic E-state index is 0.322. The van der Waals surface area contributed by atoms with Gasteiger partial charge >= 0.3 is 0 Å². The zero-order chi connectivity index (χ0) is 11.3. The summed E-state index contributed by atoms with van der Waals surface area (Å²) in [5.41, 5.74) is 0.993. The van der Waals surface area contributed by atoms with Gasteiger partial charge in [-0.1, -0.05) is 6.92 Å². The van der Waals surface area contributed by atoms with Gasteiger partial charge in [0.2, 0.25) is 0 Å². The van der Waals surface area contributed by atoms with Crippen molar-refractivity contribution in [2.45, 2.75) is 26.3 Å². The molecule has 1 atom stereocenters. The highest BCUT2D eigenvalue weighted by atomic mass is 79.9. The fourth-order valence-corrected chi connectivity index (χ4v) is 1.52. The predicted octanol–water partition coefficient (Wildman–Crippen LogP) is 2.99. The number of ether oxygens (including phenoxy) is 1. The third kappa shape index (κ3) is 3.80. The van der Waals surface area contributed by atoms with Crippen LogP contribution in [-0.2, 0) is 4.74 Å². The number of hydrogen-bond donors (Lipinski definition) is 1. The van der Waals surface area contributed by atoms with Crippen molar-refractivity contribution in [3.8, 4) is 0 Å². The number of rotatable bonds is 5. The van der Waals surface area contributed by atoms with Crippen LogP contribution >= 0.6 is 15.9 Å². The van der Waals surface area contributed by atoms with Crippen LogP contribution in [-0.4, -0.2) is 24.7 Å². The lowest BCUT2D eigenvalue weighted by Gasteiger charge is -2.16. The Kier molecular flexibility index (Phi) is 5.05. The van der Waals surface area contributed by atoms with Crippen LogP contribution in [0.4, 0.5) is 5.82 Å². The van der Waals surface area contributed by atoms with E-state index >= 15 is 0 Å². The van der Waals surface area contributed by atoms with Gasteiger partial charge in [-0.2, -0.15) is 0 Å². The summed E-state index contributed by atoms with van der Waals surface area (Å²) < 4.78 is 6.16. The van der Waals surface area contributed by atoms with E-state index in [1.165, 1.54) is 0 Å². The first-order valence-corrected chi connectivity index (χ1v) is 5.85. The summed E-state index contributed by atoms with van der Waals surface area (Å²) >= 11 is 3.43. The van der Waals surface area contributed by atoms with Crippen molar-refractivity contribution in [2.75, 3.05) is 19.0 Å². The highest BCUT2D eigenvalue weighted by Gasteiger charge is 2.06. The van der Waals surface area contributed by atoms with Crippen LogP contribution in [0.2, 0.25) is 0 Å². The fourth-order valence-electron chi connectivity index (χ4n) is 1.30. The summed E-state index contributed by atoms with van der Waals surface area (Å²) in [4.78, 5) is 4.43. The molecule has 0 saturated heterocycles. The maximum atomic E-state index is 5.12. The highest BCUT2D eigenvalue weighted by Crippen LogP contribution is 2.17. The Bertz CT molecular complexity index is 317. The Labute approximate surface area is 99.4 Å². The molecule has 1 unspecified atom stereocenters. The van der Waals surface area contributed by atoms with Gasteiger partial charge in [0.15, 0.2) is 0 Å². The van der Waals surface area contributed by atoms with Gasteiger partial charge in [0.1, 0.15) is 5.82 Å². The van der Waals surface area contributed by atoms with Gasteiger partial charge in [0, 0.05) is 11.6 Å². The smallest absolute Gasteiger partial charge is 0.126 e. The molecule has 0 aliphatic heterocycles. The SMILES string of the molecule is CCC(COC)Nc1ccc(Br)c(C)n1. The van der Waals surface area contributed by atoms with E-state index in [9.17, 15) is 0 Å². The summed E-state index contributed by atoms with van der Waals surface area (Å²) in [6.45, 7) is 4.81. The summed E-state index contributed by atoms with van der Waals surface area (Å²) in [5, 5.41) is 3.34. The maximum Gasteiger partial charge on any atom is 0.126 e. The number of pyridine rings is 1. The summed E-state index contributed by atoms with van der Waals surface area (Å²) in [5.74, 6) is 0.902. The minimum atomic E-state index is 0.322. The molecule has 1 N–H and O–H groups in total. The maximum absolute atomic E-state index is 5.12. The number of nitrogens with one attached hydrogen (secondary N) is 1. The molecule has 15 heavy (non-hydrogen) atoms. The lowest BCUT2D eigenvalue weighted by atomic mass is 10.2. The van der Waals surface area contributed by atoms with E-state index in [-0.39, 0.29) is 0 Å². The van der Waals surface area contributed by atoms with E-state index in [1.54, 1.807) is 7.11 Å². The number of halogens is 1. The normalized spacial score (nSPS) is 12.5. The Morgan fingerprint density at radius 3 is 2.80 bits per heavy atom. The van der Waals surface area contributed by atoms with Crippen LogP contribution in [0, 0.1) is 6.92 Å². The van der Waals surface area contributed by atoms with Crippen LogP contribution in [0.15, 0.2) is 16.6 Å². The number of aromatic nitrogens is 1. The van der Waals surface area contributed by atoms with Crippen LogP contribution in [0.3, 0.4) is 0 Å². The Hall–Kier alpha value is -0.610. The van der Waals surface area contributed by atoms with Gasteiger partial charge in [-0.05, 0) is 41.4 Å². The molecule has 0 amide bonds. The molecule has 0 radical (unpaired) electrons. The third-order valence-corrected chi connectivity index (χ3v) is 3.07. The van der Waals surface area contributed by atoms with E-state index in [4.69, 9.17) is 4.74 Å². The number of hydrogen-bond acceptors (Lipinski definition) is 3. The molecule has 0 aromatic carbocycles.